The zero-order valence-electron chi connectivity index (χ0n) is 9.27. The van der Waals surface area contributed by atoms with Gasteiger partial charge in [-0.2, -0.15) is 0 Å². The Morgan fingerprint density at radius 3 is 2.81 bits per heavy atom. The van der Waals surface area contributed by atoms with E-state index in [1.807, 2.05) is 13.8 Å². The van der Waals surface area contributed by atoms with Gasteiger partial charge in [0.05, 0.1) is 10.2 Å². The van der Waals surface area contributed by atoms with Gasteiger partial charge in [0.15, 0.2) is 0 Å². The molecule has 1 aromatic rings. The molecule has 0 saturated carbocycles. The summed E-state index contributed by atoms with van der Waals surface area (Å²) in [4.78, 5) is 15.0. The number of carboxylic acids is 1. The molecular weight excluding hydrogens is 272 g/mol. The molecule has 0 saturated heterocycles. The average Bonchev–Trinajstić information content (AvgIpc) is 2.19. The van der Waals surface area contributed by atoms with Crippen LogP contribution in [0.25, 0.3) is 0 Å². The molecule has 0 radical (unpaired) electrons. The zero-order chi connectivity index (χ0) is 12.1. The molecule has 0 aliphatic heterocycles. The summed E-state index contributed by atoms with van der Waals surface area (Å²) in [6, 6.07) is 1.18. The Morgan fingerprint density at radius 2 is 2.31 bits per heavy atom. The second-order valence-corrected chi connectivity index (χ2v) is 4.87. The minimum absolute atomic E-state index is 0.328. The molecule has 0 spiro atoms. The number of nitrogens with one attached hydrogen (secondary N) is 1. The first-order valence-corrected chi connectivity index (χ1v) is 5.89. The van der Waals surface area contributed by atoms with Crippen LogP contribution < -0.4 is 5.32 Å². The van der Waals surface area contributed by atoms with Gasteiger partial charge in [-0.1, -0.05) is 13.8 Å². The maximum atomic E-state index is 11.1. The van der Waals surface area contributed by atoms with Crippen molar-refractivity contribution < 1.29 is 9.90 Å². The van der Waals surface area contributed by atoms with E-state index in [1.165, 1.54) is 0 Å². The lowest BCUT2D eigenvalue weighted by atomic mass is 10.0. The van der Waals surface area contributed by atoms with Crippen molar-refractivity contribution in [3.63, 3.8) is 0 Å². The number of carboxylic acid groups (broad SMARTS) is 1. The summed E-state index contributed by atoms with van der Waals surface area (Å²) in [7, 11) is 0. The minimum Gasteiger partial charge on any atom is -0.480 e. The molecule has 0 unspecified atom stereocenters. The smallest absolute Gasteiger partial charge is 0.326 e. The van der Waals surface area contributed by atoms with Crippen molar-refractivity contribution >= 4 is 27.6 Å². The molecular formula is C11H15BrN2O2. The first-order chi connectivity index (χ1) is 7.50. The monoisotopic (exact) mass is 286 g/mol. The molecule has 1 aromatic heterocycles. The van der Waals surface area contributed by atoms with Crippen molar-refractivity contribution in [3.8, 4) is 0 Å². The molecule has 5 heteroatoms. The van der Waals surface area contributed by atoms with Gasteiger partial charge in [-0.3, -0.25) is 4.98 Å². The van der Waals surface area contributed by atoms with Crippen molar-refractivity contribution in [2.75, 3.05) is 5.32 Å². The molecule has 4 nitrogen and oxygen atoms in total. The molecule has 0 fully saturated rings. The fourth-order valence-corrected chi connectivity index (χ4v) is 1.74. The lowest BCUT2D eigenvalue weighted by Gasteiger charge is -2.18. The van der Waals surface area contributed by atoms with Crippen LogP contribution in [0.2, 0.25) is 0 Å². The van der Waals surface area contributed by atoms with Crippen LogP contribution in [0.4, 0.5) is 5.69 Å². The third kappa shape index (κ3) is 3.81. The van der Waals surface area contributed by atoms with E-state index in [4.69, 9.17) is 5.11 Å². The number of rotatable bonds is 5. The molecule has 16 heavy (non-hydrogen) atoms. The van der Waals surface area contributed by atoms with Crippen LogP contribution in [-0.2, 0) is 4.79 Å². The number of halogens is 1. The quantitative estimate of drug-likeness (QED) is 0.874. The highest BCUT2D eigenvalue weighted by Gasteiger charge is 2.19. The Labute approximate surface area is 103 Å². The van der Waals surface area contributed by atoms with Gasteiger partial charge < -0.3 is 10.4 Å². The van der Waals surface area contributed by atoms with E-state index in [1.54, 1.807) is 18.5 Å². The topological polar surface area (TPSA) is 62.2 Å². The van der Waals surface area contributed by atoms with Gasteiger partial charge in [-0.05, 0) is 34.3 Å². The summed E-state index contributed by atoms with van der Waals surface area (Å²) in [5.74, 6) is -0.508. The molecule has 0 aliphatic rings. The molecule has 0 aromatic carbocycles. The van der Waals surface area contributed by atoms with E-state index in [0.717, 1.165) is 10.2 Å². The molecule has 0 amide bonds. The van der Waals surface area contributed by atoms with E-state index >= 15 is 0 Å². The maximum Gasteiger partial charge on any atom is 0.326 e. The number of aromatic nitrogens is 1. The SMILES string of the molecule is CC(C)C[C@@H](Nc1ccncc1Br)C(=O)O. The van der Waals surface area contributed by atoms with Crippen LogP contribution in [0, 0.1) is 5.92 Å². The van der Waals surface area contributed by atoms with Gasteiger partial charge >= 0.3 is 5.97 Å². The Hall–Kier alpha value is -1.10. The molecule has 88 valence electrons. The van der Waals surface area contributed by atoms with E-state index in [9.17, 15) is 4.79 Å². The van der Waals surface area contributed by atoms with Gasteiger partial charge in [0.25, 0.3) is 0 Å². The van der Waals surface area contributed by atoms with Crippen molar-refractivity contribution in [2.45, 2.75) is 26.3 Å². The first-order valence-electron chi connectivity index (χ1n) is 5.09. The highest BCUT2D eigenvalue weighted by Crippen LogP contribution is 2.22. The maximum absolute atomic E-state index is 11.1. The third-order valence-electron chi connectivity index (χ3n) is 2.11. The average molecular weight is 287 g/mol. The summed E-state index contributed by atoms with van der Waals surface area (Å²) in [6.45, 7) is 4.00. The van der Waals surface area contributed by atoms with Gasteiger partial charge in [-0.25, -0.2) is 4.79 Å². The minimum atomic E-state index is -0.836. The van der Waals surface area contributed by atoms with Gasteiger partial charge in [0.2, 0.25) is 0 Å². The number of hydrogen-bond donors (Lipinski definition) is 2. The van der Waals surface area contributed by atoms with E-state index < -0.39 is 12.0 Å². The van der Waals surface area contributed by atoms with E-state index in [2.05, 4.69) is 26.2 Å². The predicted molar refractivity (Wildman–Crippen MR) is 66.4 cm³/mol. The Kier molecular flexibility index (Phi) is 4.73. The Morgan fingerprint density at radius 1 is 1.62 bits per heavy atom. The van der Waals surface area contributed by atoms with Crippen LogP contribution >= 0.6 is 15.9 Å². The summed E-state index contributed by atoms with van der Waals surface area (Å²) < 4.78 is 0.769. The number of hydrogen-bond acceptors (Lipinski definition) is 3. The third-order valence-corrected chi connectivity index (χ3v) is 2.74. The lowest BCUT2D eigenvalue weighted by Crippen LogP contribution is -2.30. The molecule has 0 bridgehead atoms. The Bertz CT molecular complexity index is 369. The summed E-state index contributed by atoms with van der Waals surface area (Å²) in [5, 5.41) is 12.1. The predicted octanol–water partition coefficient (Wildman–Crippen LogP) is 2.76. The number of anilines is 1. The number of pyridine rings is 1. The van der Waals surface area contributed by atoms with E-state index in [-0.39, 0.29) is 0 Å². The highest BCUT2D eigenvalue weighted by atomic mass is 79.9. The normalized spacial score (nSPS) is 12.5. The number of nitrogens with zero attached hydrogens (tertiary/aromatic N) is 1. The molecule has 1 atom stereocenters. The second-order valence-electron chi connectivity index (χ2n) is 4.02. The fourth-order valence-electron chi connectivity index (χ4n) is 1.37. The van der Waals surface area contributed by atoms with Crippen LogP contribution in [-0.4, -0.2) is 22.1 Å². The molecule has 2 N–H and O–H groups in total. The number of aliphatic carboxylic acids is 1. The van der Waals surface area contributed by atoms with Crippen LogP contribution in [0.1, 0.15) is 20.3 Å². The van der Waals surface area contributed by atoms with Gasteiger partial charge in [0, 0.05) is 12.4 Å². The standard InChI is InChI=1S/C11H15BrN2O2/c1-7(2)5-10(11(15)16)14-9-3-4-13-6-8(9)12/h3-4,6-7,10H,5H2,1-2H3,(H,13,14)(H,15,16)/t10-/m1/s1. The zero-order valence-corrected chi connectivity index (χ0v) is 10.9. The van der Waals surface area contributed by atoms with Crippen molar-refractivity contribution in [1.82, 2.24) is 4.98 Å². The van der Waals surface area contributed by atoms with Crippen LogP contribution in [0.3, 0.4) is 0 Å². The molecule has 1 rings (SSSR count). The lowest BCUT2D eigenvalue weighted by molar-refractivity contribution is -0.138. The van der Waals surface area contributed by atoms with Crippen LogP contribution in [0.5, 0.6) is 0 Å². The Balaban J connectivity index is 2.76. The van der Waals surface area contributed by atoms with Gasteiger partial charge in [0.1, 0.15) is 6.04 Å². The van der Waals surface area contributed by atoms with Crippen molar-refractivity contribution in [1.29, 1.82) is 0 Å². The first kappa shape index (κ1) is 13.0. The van der Waals surface area contributed by atoms with Crippen LogP contribution in [0.15, 0.2) is 22.9 Å². The molecule has 0 aliphatic carbocycles. The van der Waals surface area contributed by atoms with Crippen molar-refractivity contribution in [2.24, 2.45) is 5.92 Å². The van der Waals surface area contributed by atoms with Gasteiger partial charge in [-0.15, -0.1) is 0 Å². The summed E-state index contributed by atoms with van der Waals surface area (Å²) in [6.07, 6.45) is 3.85. The second kappa shape index (κ2) is 5.84. The summed E-state index contributed by atoms with van der Waals surface area (Å²) >= 11 is 3.32. The fraction of sp³-hybridized carbons (Fsp3) is 0.455. The highest BCUT2D eigenvalue weighted by molar-refractivity contribution is 9.10. The number of carbonyl (C=O) groups is 1. The summed E-state index contributed by atoms with van der Waals surface area (Å²) in [5.41, 5.74) is 0.753. The largest absolute Gasteiger partial charge is 0.480 e. The molecule has 1 heterocycles. The van der Waals surface area contributed by atoms with Crippen molar-refractivity contribution in [3.05, 3.63) is 22.9 Å². The van der Waals surface area contributed by atoms with E-state index in [0.29, 0.717) is 12.3 Å².